The Bertz CT molecular complexity index is 631. The second-order valence-electron chi connectivity index (χ2n) is 4.75. The molecular formula is C13H18N2O4S2. The van der Waals surface area contributed by atoms with Crippen molar-refractivity contribution < 1.29 is 17.9 Å². The maximum Gasteiger partial charge on any atom is 0.240 e. The molecule has 1 aromatic rings. The van der Waals surface area contributed by atoms with E-state index < -0.39 is 10.0 Å². The van der Waals surface area contributed by atoms with Crippen LogP contribution in [0.1, 0.15) is 6.92 Å². The molecule has 0 radical (unpaired) electrons. The molecule has 1 atom stereocenters. The first-order valence-electron chi connectivity index (χ1n) is 6.50. The van der Waals surface area contributed by atoms with Crippen LogP contribution in [0.2, 0.25) is 0 Å². The van der Waals surface area contributed by atoms with E-state index in [0.29, 0.717) is 18.0 Å². The fraction of sp³-hybridized carbons (Fsp3) is 0.462. The van der Waals surface area contributed by atoms with Gasteiger partial charge in [-0.3, -0.25) is 4.79 Å². The summed E-state index contributed by atoms with van der Waals surface area (Å²) >= 11 is 1.54. The topological polar surface area (TPSA) is 84.5 Å². The second kappa shape index (κ2) is 6.78. The molecule has 0 aliphatic carbocycles. The lowest BCUT2D eigenvalue weighted by Gasteiger charge is -2.10. The van der Waals surface area contributed by atoms with Crippen LogP contribution >= 0.6 is 11.8 Å². The van der Waals surface area contributed by atoms with Crippen LogP contribution in [0.25, 0.3) is 0 Å². The van der Waals surface area contributed by atoms with Crippen molar-refractivity contribution in [2.24, 2.45) is 5.92 Å². The Kier molecular flexibility index (Phi) is 5.26. The summed E-state index contributed by atoms with van der Waals surface area (Å²) in [4.78, 5) is 12.9. The summed E-state index contributed by atoms with van der Waals surface area (Å²) in [6, 6.07) is 4.76. The lowest BCUT2D eigenvalue weighted by atomic mass is 10.2. The van der Waals surface area contributed by atoms with Crippen LogP contribution in [0.5, 0.6) is 0 Å². The molecule has 1 aliphatic rings. The van der Waals surface area contributed by atoms with Gasteiger partial charge < -0.3 is 10.1 Å². The summed E-state index contributed by atoms with van der Waals surface area (Å²) in [5.41, 5.74) is 0.545. The number of benzene rings is 1. The van der Waals surface area contributed by atoms with Crippen LogP contribution in [0.3, 0.4) is 0 Å². The largest absolute Gasteiger partial charge is 0.383 e. The highest BCUT2D eigenvalue weighted by molar-refractivity contribution is 7.99. The van der Waals surface area contributed by atoms with Crippen molar-refractivity contribution in [3.8, 4) is 0 Å². The van der Waals surface area contributed by atoms with Gasteiger partial charge in [0.25, 0.3) is 0 Å². The van der Waals surface area contributed by atoms with Gasteiger partial charge >= 0.3 is 0 Å². The molecule has 0 aromatic heterocycles. The normalized spacial score (nSPS) is 18.8. The molecular weight excluding hydrogens is 312 g/mol. The van der Waals surface area contributed by atoms with Gasteiger partial charge in [-0.2, -0.15) is 0 Å². The standard InChI is InChI=1S/C13H18N2O4S2/c1-9-8-20-12-4-3-10(7-11(12)15-13(9)16)21(17,18)14-5-6-19-2/h3-4,7,9,14H,5-6,8H2,1-2H3,(H,15,16)/t9-/m1/s1. The van der Waals surface area contributed by atoms with E-state index in [2.05, 4.69) is 10.0 Å². The summed E-state index contributed by atoms with van der Waals surface area (Å²) in [5.74, 6) is 0.474. The van der Waals surface area contributed by atoms with Gasteiger partial charge in [0.05, 0.1) is 17.2 Å². The number of fused-ring (bicyclic) bond motifs is 1. The molecule has 8 heteroatoms. The molecule has 2 rings (SSSR count). The number of sulfonamides is 1. The average molecular weight is 330 g/mol. The van der Waals surface area contributed by atoms with Crippen molar-refractivity contribution in [1.82, 2.24) is 4.72 Å². The Morgan fingerprint density at radius 3 is 2.95 bits per heavy atom. The quantitative estimate of drug-likeness (QED) is 0.795. The van der Waals surface area contributed by atoms with E-state index in [0.717, 1.165) is 4.90 Å². The summed E-state index contributed by atoms with van der Waals surface area (Å²) in [6.45, 7) is 2.35. The molecule has 1 aliphatic heterocycles. The number of rotatable bonds is 5. The van der Waals surface area contributed by atoms with Gasteiger partial charge in [-0.05, 0) is 18.2 Å². The highest BCUT2D eigenvalue weighted by Gasteiger charge is 2.22. The summed E-state index contributed by atoms with van der Waals surface area (Å²) < 4.78 is 31.5. The van der Waals surface area contributed by atoms with Crippen molar-refractivity contribution in [3.63, 3.8) is 0 Å². The molecule has 1 aromatic carbocycles. The Labute approximate surface area is 128 Å². The minimum absolute atomic E-state index is 0.0943. The molecule has 0 unspecified atom stereocenters. The van der Waals surface area contributed by atoms with Gasteiger partial charge in [0.2, 0.25) is 15.9 Å². The molecule has 6 nitrogen and oxygen atoms in total. The van der Waals surface area contributed by atoms with Crippen molar-refractivity contribution >= 4 is 33.4 Å². The minimum Gasteiger partial charge on any atom is -0.383 e. The fourth-order valence-electron chi connectivity index (χ4n) is 1.81. The van der Waals surface area contributed by atoms with E-state index in [1.807, 2.05) is 6.92 Å². The number of ether oxygens (including phenoxy) is 1. The molecule has 21 heavy (non-hydrogen) atoms. The van der Waals surface area contributed by atoms with Crippen LogP contribution in [-0.4, -0.2) is 40.3 Å². The molecule has 0 fully saturated rings. The molecule has 0 spiro atoms. The third-order valence-electron chi connectivity index (χ3n) is 3.05. The first kappa shape index (κ1) is 16.3. The van der Waals surface area contributed by atoms with Crippen molar-refractivity contribution in [1.29, 1.82) is 0 Å². The van der Waals surface area contributed by atoms with Gasteiger partial charge in [0.15, 0.2) is 0 Å². The van der Waals surface area contributed by atoms with E-state index >= 15 is 0 Å². The van der Waals surface area contributed by atoms with Crippen LogP contribution in [0.15, 0.2) is 28.0 Å². The number of thioether (sulfide) groups is 1. The third-order valence-corrected chi connectivity index (χ3v) is 5.85. The summed E-state index contributed by atoms with van der Waals surface area (Å²) in [7, 11) is -2.09. The van der Waals surface area contributed by atoms with Crippen molar-refractivity contribution in [2.45, 2.75) is 16.7 Å². The summed E-state index contributed by atoms with van der Waals surface area (Å²) in [6.07, 6.45) is 0. The van der Waals surface area contributed by atoms with Crippen LogP contribution in [0, 0.1) is 5.92 Å². The Morgan fingerprint density at radius 1 is 1.48 bits per heavy atom. The maximum atomic E-state index is 12.1. The number of carbonyl (C=O) groups is 1. The van der Waals surface area contributed by atoms with E-state index in [-0.39, 0.29) is 23.3 Å². The van der Waals surface area contributed by atoms with Gasteiger partial charge in [-0.15, -0.1) is 11.8 Å². The maximum absolute atomic E-state index is 12.1. The summed E-state index contributed by atoms with van der Waals surface area (Å²) in [5, 5.41) is 2.78. The van der Waals surface area contributed by atoms with Crippen LogP contribution < -0.4 is 10.0 Å². The van der Waals surface area contributed by atoms with Gasteiger partial charge in [0, 0.05) is 30.2 Å². The number of nitrogens with one attached hydrogen (secondary N) is 2. The number of hydrogen-bond donors (Lipinski definition) is 2. The number of amides is 1. The van der Waals surface area contributed by atoms with Crippen molar-refractivity contribution in [3.05, 3.63) is 18.2 Å². The zero-order valence-corrected chi connectivity index (χ0v) is 13.5. The van der Waals surface area contributed by atoms with E-state index in [4.69, 9.17) is 4.74 Å². The smallest absolute Gasteiger partial charge is 0.240 e. The SMILES string of the molecule is COCCNS(=O)(=O)c1ccc2c(c1)NC(=O)[C@H](C)CS2. The highest BCUT2D eigenvalue weighted by atomic mass is 32.2. The van der Waals surface area contributed by atoms with E-state index in [1.54, 1.807) is 23.9 Å². The predicted octanol–water partition coefficient (Wildman–Crippen LogP) is 1.29. The van der Waals surface area contributed by atoms with Crippen LogP contribution in [0.4, 0.5) is 5.69 Å². The lowest BCUT2D eigenvalue weighted by Crippen LogP contribution is -2.27. The zero-order chi connectivity index (χ0) is 15.5. The van der Waals surface area contributed by atoms with E-state index in [9.17, 15) is 13.2 Å². The molecule has 1 heterocycles. The highest BCUT2D eigenvalue weighted by Crippen LogP contribution is 2.33. The molecule has 0 bridgehead atoms. The molecule has 0 saturated carbocycles. The van der Waals surface area contributed by atoms with Gasteiger partial charge in [0.1, 0.15) is 0 Å². The third kappa shape index (κ3) is 3.97. The number of carbonyl (C=O) groups excluding carboxylic acids is 1. The monoisotopic (exact) mass is 330 g/mol. The second-order valence-corrected chi connectivity index (χ2v) is 7.58. The van der Waals surface area contributed by atoms with Crippen molar-refractivity contribution in [2.75, 3.05) is 31.3 Å². The first-order valence-corrected chi connectivity index (χ1v) is 8.97. The molecule has 1 amide bonds. The Balaban J connectivity index is 2.25. The van der Waals surface area contributed by atoms with Crippen LogP contribution in [-0.2, 0) is 19.6 Å². The van der Waals surface area contributed by atoms with Gasteiger partial charge in [-0.25, -0.2) is 13.1 Å². The number of methoxy groups -OCH3 is 1. The predicted molar refractivity (Wildman–Crippen MR) is 82.0 cm³/mol. The first-order chi connectivity index (χ1) is 9.94. The lowest BCUT2D eigenvalue weighted by molar-refractivity contribution is -0.118. The minimum atomic E-state index is -3.60. The molecule has 2 N–H and O–H groups in total. The molecule has 0 saturated heterocycles. The number of anilines is 1. The fourth-order valence-corrected chi connectivity index (χ4v) is 3.86. The van der Waals surface area contributed by atoms with Gasteiger partial charge in [-0.1, -0.05) is 6.92 Å². The Morgan fingerprint density at radius 2 is 2.24 bits per heavy atom. The Hall–Kier alpha value is -1.09. The zero-order valence-electron chi connectivity index (χ0n) is 11.9. The number of hydrogen-bond acceptors (Lipinski definition) is 5. The average Bonchev–Trinajstić information content (AvgIpc) is 2.58. The molecule has 116 valence electrons. The van der Waals surface area contributed by atoms with E-state index in [1.165, 1.54) is 13.2 Å².